The van der Waals surface area contributed by atoms with Gasteiger partial charge in [0.1, 0.15) is 5.82 Å². The topological polar surface area (TPSA) is 111 Å². The zero-order valence-corrected chi connectivity index (χ0v) is 19.2. The van der Waals surface area contributed by atoms with Crippen molar-refractivity contribution in [3.63, 3.8) is 0 Å². The van der Waals surface area contributed by atoms with Gasteiger partial charge in [0, 0.05) is 29.4 Å². The molecule has 0 radical (unpaired) electrons. The van der Waals surface area contributed by atoms with Gasteiger partial charge >= 0.3 is 5.69 Å². The maximum absolute atomic E-state index is 14.3. The summed E-state index contributed by atoms with van der Waals surface area (Å²) in [6.07, 6.45) is 3.62. The van der Waals surface area contributed by atoms with Crippen LogP contribution in [-0.2, 0) is 6.61 Å². The molecular weight excluding hydrogens is 475 g/mol. The van der Waals surface area contributed by atoms with Crippen molar-refractivity contribution in [1.29, 1.82) is 0 Å². The first-order valence-electron chi connectivity index (χ1n) is 10.9. The van der Waals surface area contributed by atoms with Gasteiger partial charge in [0.05, 0.1) is 23.0 Å². The molecule has 4 heterocycles. The molecule has 6 rings (SSSR count). The lowest BCUT2D eigenvalue weighted by molar-refractivity contribution is 0.273. The van der Waals surface area contributed by atoms with Crippen LogP contribution in [0.15, 0.2) is 51.8 Å². The number of hydrogen-bond donors (Lipinski definition) is 1. The number of aliphatic hydroxyl groups is 1. The van der Waals surface area contributed by atoms with Crippen LogP contribution < -0.4 is 5.69 Å². The summed E-state index contributed by atoms with van der Waals surface area (Å²) in [5.74, 6) is 0.0650. The van der Waals surface area contributed by atoms with Gasteiger partial charge in [-0.05, 0) is 50.1 Å². The smallest absolute Gasteiger partial charge is 0.353 e. The average molecular weight is 493 g/mol. The number of rotatable bonds is 5. The molecular formula is C24H18ClFN6O3. The predicted molar refractivity (Wildman–Crippen MR) is 125 cm³/mol. The van der Waals surface area contributed by atoms with Gasteiger partial charge in [-0.15, -0.1) is 0 Å². The molecule has 9 nitrogen and oxygen atoms in total. The highest BCUT2D eigenvalue weighted by Gasteiger charge is 2.27. The van der Waals surface area contributed by atoms with Crippen LogP contribution >= 0.6 is 11.6 Å². The highest BCUT2D eigenvalue weighted by Crippen LogP contribution is 2.38. The standard InChI is InChI=1S/C24H18ClFN6O3/c1-12-8-15(11-33)32-20(27-12)10-19(30-32)23-29-22(21(35-23)14-4-5-16(25)17(26)9-14)31-7-6-18(13-2-3-13)28-24(31)34/h4-10,13,33H,2-3,11H2,1H3. The molecule has 0 saturated heterocycles. The van der Waals surface area contributed by atoms with Crippen molar-refractivity contribution in [2.24, 2.45) is 0 Å². The Bertz CT molecular complexity index is 1670. The molecule has 35 heavy (non-hydrogen) atoms. The van der Waals surface area contributed by atoms with Crippen molar-refractivity contribution >= 4 is 17.2 Å². The van der Waals surface area contributed by atoms with Crippen LogP contribution in [0.5, 0.6) is 0 Å². The van der Waals surface area contributed by atoms with E-state index in [1.54, 1.807) is 30.5 Å². The summed E-state index contributed by atoms with van der Waals surface area (Å²) in [4.78, 5) is 26.1. The molecule has 4 aromatic heterocycles. The van der Waals surface area contributed by atoms with Crippen LogP contribution in [0.3, 0.4) is 0 Å². The number of halogens is 2. The summed E-state index contributed by atoms with van der Waals surface area (Å²) in [6.45, 7) is 1.58. The van der Waals surface area contributed by atoms with Gasteiger partial charge in [-0.2, -0.15) is 15.1 Å². The number of aryl methyl sites for hydroxylation is 1. The van der Waals surface area contributed by atoms with Gasteiger partial charge in [0.15, 0.2) is 22.9 Å². The summed E-state index contributed by atoms with van der Waals surface area (Å²) in [6, 6.07) is 9.36. The van der Waals surface area contributed by atoms with E-state index in [1.807, 2.05) is 6.92 Å². The van der Waals surface area contributed by atoms with Crippen LogP contribution in [-0.4, -0.2) is 34.2 Å². The van der Waals surface area contributed by atoms with Crippen molar-refractivity contribution in [3.05, 3.63) is 81.0 Å². The number of oxazole rings is 1. The molecule has 0 atom stereocenters. The Labute approximate surface area is 202 Å². The fourth-order valence-electron chi connectivity index (χ4n) is 3.99. The van der Waals surface area contributed by atoms with Crippen molar-refractivity contribution in [2.75, 3.05) is 0 Å². The maximum Gasteiger partial charge on any atom is 0.353 e. The number of aromatic nitrogens is 6. The Morgan fingerprint density at radius 3 is 2.71 bits per heavy atom. The van der Waals surface area contributed by atoms with Gasteiger partial charge in [-0.3, -0.25) is 0 Å². The molecule has 5 aromatic rings. The van der Waals surface area contributed by atoms with Crippen molar-refractivity contribution < 1.29 is 13.9 Å². The Balaban J connectivity index is 1.54. The lowest BCUT2D eigenvalue weighted by Crippen LogP contribution is -2.22. The summed E-state index contributed by atoms with van der Waals surface area (Å²) in [5.41, 5.74) is 2.65. The molecule has 1 N–H and O–H groups in total. The van der Waals surface area contributed by atoms with Crippen molar-refractivity contribution in [2.45, 2.75) is 32.3 Å². The molecule has 1 aromatic carbocycles. The van der Waals surface area contributed by atoms with Crippen LogP contribution in [0, 0.1) is 12.7 Å². The SMILES string of the molecule is Cc1cc(CO)n2nc(-c3nc(-n4ccc(C5CC5)nc4=O)c(-c4ccc(Cl)c(F)c4)o3)cc2n1. The Morgan fingerprint density at radius 1 is 1.17 bits per heavy atom. The fraction of sp³-hybridized carbons (Fsp3) is 0.208. The highest BCUT2D eigenvalue weighted by molar-refractivity contribution is 6.30. The second-order valence-electron chi connectivity index (χ2n) is 8.43. The van der Waals surface area contributed by atoms with E-state index in [0.29, 0.717) is 34.2 Å². The van der Waals surface area contributed by atoms with E-state index in [0.717, 1.165) is 18.5 Å². The third-order valence-corrected chi connectivity index (χ3v) is 6.16. The van der Waals surface area contributed by atoms with Crippen LogP contribution in [0.4, 0.5) is 4.39 Å². The number of nitrogens with zero attached hydrogens (tertiary/aromatic N) is 6. The molecule has 11 heteroatoms. The van der Waals surface area contributed by atoms with E-state index < -0.39 is 11.5 Å². The van der Waals surface area contributed by atoms with Gasteiger partial charge in [-0.1, -0.05) is 11.6 Å². The van der Waals surface area contributed by atoms with E-state index in [2.05, 4.69) is 20.1 Å². The molecule has 176 valence electrons. The summed E-state index contributed by atoms with van der Waals surface area (Å²) in [7, 11) is 0. The molecule has 0 aliphatic heterocycles. The van der Waals surface area contributed by atoms with Crippen LogP contribution in [0.2, 0.25) is 5.02 Å². The third kappa shape index (κ3) is 3.80. The summed E-state index contributed by atoms with van der Waals surface area (Å²) >= 11 is 5.86. The lowest BCUT2D eigenvalue weighted by atomic mass is 10.1. The largest absolute Gasteiger partial charge is 0.432 e. The average Bonchev–Trinajstić information content (AvgIpc) is 3.46. The van der Waals surface area contributed by atoms with Crippen molar-refractivity contribution in [3.8, 4) is 28.7 Å². The summed E-state index contributed by atoms with van der Waals surface area (Å²) < 4.78 is 23.1. The van der Waals surface area contributed by atoms with Gasteiger partial charge in [0.2, 0.25) is 5.89 Å². The molecule has 1 fully saturated rings. The molecule has 0 unspecified atom stereocenters. The lowest BCUT2D eigenvalue weighted by Gasteiger charge is -2.05. The van der Waals surface area contributed by atoms with E-state index >= 15 is 0 Å². The Kier molecular flexibility index (Phi) is 5.01. The first-order valence-corrected chi connectivity index (χ1v) is 11.3. The predicted octanol–water partition coefficient (Wildman–Crippen LogP) is 4.07. The molecule has 0 amide bonds. The first-order chi connectivity index (χ1) is 16.9. The third-order valence-electron chi connectivity index (χ3n) is 5.85. The van der Waals surface area contributed by atoms with Gasteiger partial charge in [-0.25, -0.2) is 23.3 Å². The fourth-order valence-corrected chi connectivity index (χ4v) is 4.11. The minimum Gasteiger partial charge on any atom is -0.432 e. The summed E-state index contributed by atoms with van der Waals surface area (Å²) in [5, 5.41) is 14.1. The van der Waals surface area contributed by atoms with E-state index in [-0.39, 0.29) is 29.1 Å². The molecule has 0 spiro atoms. The normalized spacial score (nSPS) is 13.6. The van der Waals surface area contributed by atoms with Crippen LogP contribution in [0.25, 0.3) is 34.4 Å². The van der Waals surface area contributed by atoms with Crippen molar-refractivity contribution in [1.82, 2.24) is 29.1 Å². The Hall–Kier alpha value is -3.89. The second kappa shape index (κ2) is 8.10. The van der Waals surface area contributed by atoms with E-state index in [9.17, 15) is 14.3 Å². The number of hydrogen-bond acceptors (Lipinski definition) is 7. The number of benzene rings is 1. The Morgan fingerprint density at radius 2 is 2.00 bits per heavy atom. The minimum absolute atomic E-state index is 0.0408. The first kappa shape index (κ1) is 21.6. The van der Waals surface area contributed by atoms with Crippen LogP contribution in [0.1, 0.15) is 35.8 Å². The zero-order valence-electron chi connectivity index (χ0n) is 18.4. The maximum atomic E-state index is 14.3. The van der Waals surface area contributed by atoms with Gasteiger partial charge in [0.25, 0.3) is 0 Å². The molecule has 1 aliphatic carbocycles. The van der Waals surface area contributed by atoms with E-state index in [4.69, 9.17) is 16.0 Å². The molecule has 1 aliphatic rings. The zero-order chi connectivity index (χ0) is 24.3. The van der Waals surface area contributed by atoms with Gasteiger partial charge < -0.3 is 9.52 Å². The number of fused-ring (bicyclic) bond motifs is 1. The minimum atomic E-state index is -0.636. The molecule has 0 bridgehead atoms. The van der Waals surface area contributed by atoms with E-state index in [1.165, 1.54) is 21.2 Å². The quantitative estimate of drug-likeness (QED) is 0.393. The number of aliphatic hydroxyl groups excluding tert-OH is 1. The monoisotopic (exact) mass is 492 g/mol. The highest BCUT2D eigenvalue weighted by atomic mass is 35.5. The second-order valence-corrected chi connectivity index (χ2v) is 8.83. The molecule has 1 saturated carbocycles.